The number of amides is 1. The molecule has 5 nitrogen and oxygen atoms in total. The van der Waals surface area contributed by atoms with Crippen LogP contribution in [0, 0.1) is 6.92 Å². The van der Waals surface area contributed by atoms with Crippen LogP contribution in [-0.2, 0) is 16.4 Å². The van der Waals surface area contributed by atoms with Crippen molar-refractivity contribution in [2.24, 2.45) is 0 Å². The third-order valence-electron chi connectivity index (χ3n) is 4.77. The van der Waals surface area contributed by atoms with Crippen molar-refractivity contribution in [1.29, 1.82) is 0 Å². The first kappa shape index (κ1) is 18.7. The molecule has 0 spiro atoms. The largest absolute Gasteiger partial charge is 0.322 e. The summed E-state index contributed by atoms with van der Waals surface area (Å²) in [6.45, 7) is 2.43. The fraction of sp³-hybridized carbons (Fsp3) is 0.190. The maximum absolute atomic E-state index is 13.0. The number of rotatable bonds is 4. The highest BCUT2D eigenvalue weighted by atomic mass is 32.2. The summed E-state index contributed by atoms with van der Waals surface area (Å²) in [6, 6.07) is 16.2. The molecule has 2 aromatic carbocycles. The molecule has 2 heterocycles. The van der Waals surface area contributed by atoms with Gasteiger partial charge in [0.05, 0.1) is 5.69 Å². The van der Waals surface area contributed by atoms with Gasteiger partial charge < -0.3 is 5.32 Å². The molecule has 0 unspecified atom stereocenters. The molecule has 0 radical (unpaired) electrons. The van der Waals surface area contributed by atoms with Gasteiger partial charge in [-0.05, 0) is 67.1 Å². The number of anilines is 2. The first-order valence-electron chi connectivity index (χ1n) is 9.02. The summed E-state index contributed by atoms with van der Waals surface area (Å²) >= 11 is 1.22. The number of sulfonamides is 1. The second kappa shape index (κ2) is 7.41. The SMILES string of the molecule is Cc1ccc(C(=O)Nc2ccc3c(c2)CCCN3S(=O)(=O)c2cccs2)cc1. The highest BCUT2D eigenvalue weighted by Gasteiger charge is 2.29. The van der Waals surface area contributed by atoms with E-state index in [1.54, 1.807) is 41.8 Å². The van der Waals surface area contributed by atoms with Crippen molar-refractivity contribution in [3.8, 4) is 0 Å². The lowest BCUT2D eigenvalue weighted by Crippen LogP contribution is -2.35. The summed E-state index contributed by atoms with van der Waals surface area (Å²) in [6.07, 6.45) is 1.52. The van der Waals surface area contributed by atoms with Gasteiger partial charge in [0.25, 0.3) is 15.9 Å². The van der Waals surface area contributed by atoms with E-state index in [1.807, 2.05) is 25.1 Å². The van der Waals surface area contributed by atoms with E-state index in [2.05, 4.69) is 5.32 Å². The Hall–Kier alpha value is -2.64. The summed E-state index contributed by atoms with van der Waals surface area (Å²) in [5.41, 5.74) is 3.96. The zero-order chi connectivity index (χ0) is 19.7. The van der Waals surface area contributed by atoms with E-state index in [-0.39, 0.29) is 5.91 Å². The summed E-state index contributed by atoms with van der Waals surface area (Å²) in [5, 5.41) is 4.67. The Kier molecular flexibility index (Phi) is 4.95. The predicted octanol–water partition coefficient (Wildman–Crippen LogP) is 4.45. The van der Waals surface area contributed by atoms with E-state index in [0.717, 1.165) is 24.0 Å². The standard InChI is InChI=1S/C21H20N2O3S2/c1-15-6-8-16(9-7-15)21(24)22-18-10-11-19-17(14-18)4-2-12-23(19)28(25,26)20-5-3-13-27-20/h3,5-11,13-14H,2,4,12H2,1H3,(H,22,24). The Morgan fingerprint density at radius 3 is 2.61 bits per heavy atom. The van der Waals surface area contributed by atoms with E-state index in [4.69, 9.17) is 0 Å². The van der Waals surface area contributed by atoms with Crippen LogP contribution in [0.5, 0.6) is 0 Å². The molecule has 7 heteroatoms. The summed E-state index contributed by atoms with van der Waals surface area (Å²) in [5.74, 6) is -0.182. The van der Waals surface area contributed by atoms with Gasteiger partial charge in [0.15, 0.2) is 0 Å². The van der Waals surface area contributed by atoms with E-state index < -0.39 is 10.0 Å². The normalized spacial score (nSPS) is 13.8. The van der Waals surface area contributed by atoms with E-state index in [0.29, 0.717) is 27.7 Å². The Morgan fingerprint density at radius 1 is 1.11 bits per heavy atom. The van der Waals surface area contributed by atoms with Crippen LogP contribution in [-0.4, -0.2) is 20.9 Å². The molecule has 1 N–H and O–H groups in total. The minimum Gasteiger partial charge on any atom is -0.322 e. The minimum absolute atomic E-state index is 0.182. The molecule has 0 bridgehead atoms. The van der Waals surface area contributed by atoms with Crippen molar-refractivity contribution in [1.82, 2.24) is 0 Å². The van der Waals surface area contributed by atoms with Gasteiger partial charge in [-0.1, -0.05) is 23.8 Å². The van der Waals surface area contributed by atoms with Crippen molar-refractivity contribution in [3.05, 3.63) is 76.7 Å². The lowest BCUT2D eigenvalue weighted by atomic mass is 10.0. The van der Waals surface area contributed by atoms with Crippen LogP contribution >= 0.6 is 11.3 Å². The molecule has 1 aliphatic heterocycles. The number of thiophene rings is 1. The zero-order valence-electron chi connectivity index (χ0n) is 15.4. The maximum atomic E-state index is 13.0. The number of nitrogens with one attached hydrogen (secondary N) is 1. The Labute approximate surface area is 168 Å². The second-order valence-corrected chi connectivity index (χ2v) is 9.81. The van der Waals surface area contributed by atoms with Gasteiger partial charge in [-0.2, -0.15) is 0 Å². The fourth-order valence-electron chi connectivity index (χ4n) is 3.32. The zero-order valence-corrected chi connectivity index (χ0v) is 17.0. The maximum Gasteiger partial charge on any atom is 0.273 e. The van der Waals surface area contributed by atoms with Crippen LogP contribution in [0.15, 0.2) is 64.2 Å². The molecule has 0 aliphatic carbocycles. The summed E-state index contributed by atoms with van der Waals surface area (Å²) in [7, 11) is -3.55. The number of carbonyl (C=O) groups is 1. The molecule has 1 aromatic heterocycles. The third-order valence-corrected chi connectivity index (χ3v) is 7.95. The number of aryl methyl sites for hydroxylation is 2. The molecule has 28 heavy (non-hydrogen) atoms. The number of fused-ring (bicyclic) bond motifs is 1. The van der Waals surface area contributed by atoms with Crippen LogP contribution in [0.25, 0.3) is 0 Å². The topological polar surface area (TPSA) is 66.5 Å². The van der Waals surface area contributed by atoms with Gasteiger partial charge in [0.2, 0.25) is 0 Å². The molecule has 0 atom stereocenters. The highest BCUT2D eigenvalue weighted by Crippen LogP contribution is 2.34. The highest BCUT2D eigenvalue weighted by molar-refractivity contribution is 7.94. The molecule has 144 valence electrons. The van der Waals surface area contributed by atoms with E-state index in [1.165, 1.54) is 15.6 Å². The van der Waals surface area contributed by atoms with Crippen LogP contribution in [0.1, 0.15) is 27.9 Å². The van der Waals surface area contributed by atoms with Crippen LogP contribution in [0.2, 0.25) is 0 Å². The molecule has 0 saturated heterocycles. The molecule has 1 aliphatic rings. The average Bonchev–Trinajstić information content (AvgIpc) is 3.23. The first-order valence-corrected chi connectivity index (χ1v) is 11.3. The van der Waals surface area contributed by atoms with Crippen LogP contribution in [0.4, 0.5) is 11.4 Å². The van der Waals surface area contributed by atoms with Gasteiger partial charge in [-0.25, -0.2) is 8.42 Å². The van der Waals surface area contributed by atoms with Crippen molar-refractivity contribution in [2.75, 3.05) is 16.2 Å². The van der Waals surface area contributed by atoms with Crippen molar-refractivity contribution in [3.63, 3.8) is 0 Å². The second-order valence-electron chi connectivity index (χ2n) is 6.78. The van der Waals surface area contributed by atoms with Gasteiger partial charge in [0.1, 0.15) is 4.21 Å². The molecule has 0 saturated carbocycles. The van der Waals surface area contributed by atoms with Crippen LogP contribution in [0.3, 0.4) is 0 Å². The van der Waals surface area contributed by atoms with Gasteiger partial charge in [0, 0.05) is 17.8 Å². The number of carbonyl (C=O) groups excluding carboxylic acids is 1. The predicted molar refractivity (Wildman–Crippen MR) is 113 cm³/mol. The molecule has 4 rings (SSSR count). The summed E-state index contributed by atoms with van der Waals surface area (Å²) in [4.78, 5) is 12.5. The fourth-order valence-corrected chi connectivity index (χ4v) is 5.96. The van der Waals surface area contributed by atoms with E-state index >= 15 is 0 Å². The minimum atomic E-state index is -3.55. The third kappa shape index (κ3) is 3.55. The Bertz CT molecular complexity index is 1110. The number of hydrogen-bond acceptors (Lipinski definition) is 4. The van der Waals surface area contributed by atoms with Crippen molar-refractivity contribution in [2.45, 2.75) is 24.0 Å². The van der Waals surface area contributed by atoms with Gasteiger partial charge >= 0.3 is 0 Å². The average molecular weight is 413 g/mol. The first-order chi connectivity index (χ1) is 13.4. The van der Waals surface area contributed by atoms with Crippen molar-refractivity contribution >= 4 is 38.6 Å². The summed E-state index contributed by atoms with van der Waals surface area (Å²) < 4.78 is 27.7. The van der Waals surface area contributed by atoms with Crippen molar-refractivity contribution < 1.29 is 13.2 Å². The lowest BCUT2D eigenvalue weighted by Gasteiger charge is -2.30. The van der Waals surface area contributed by atoms with Gasteiger partial charge in [-0.15, -0.1) is 11.3 Å². The lowest BCUT2D eigenvalue weighted by molar-refractivity contribution is 0.102. The molecule has 0 fully saturated rings. The Morgan fingerprint density at radius 2 is 1.89 bits per heavy atom. The quantitative estimate of drug-likeness (QED) is 0.688. The van der Waals surface area contributed by atoms with Gasteiger partial charge in [-0.3, -0.25) is 9.10 Å². The molecule has 1 amide bonds. The number of hydrogen-bond donors (Lipinski definition) is 1. The molecular formula is C21H20N2O3S2. The number of benzene rings is 2. The molecule has 3 aromatic rings. The van der Waals surface area contributed by atoms with Crippen LogP contribution < -0.4 is 9.62 Å². The monoisotopic (exact) mass is 412 g/mol. The van der Waals surface area contributed by atoms with E-state index in [9.17, 15) is 13.2 Å². The molecular weight excluding hydrogens is 392 g/mol. The Balaban J connectivity index is 1.60. The smallest absolute Gasteiger partial charge is 0.273 e. The number of nitrogens with zero attached hydrogens (tertiary/aromatic N) is 1.